The summed E-state index contributed by atoms with van der Waals surface area (Å²) in [5.74, 6) is 0.782. The van der Waals surface area contributed by atoms with E-state index in [1.807, 2.05) is 103 Å². The largest absolute Gasteiger partial charge is 0.497 e. The first-order chi connectivity index (χ1) is 18.0. The molecule has 1 saturated heterocycles. The van der Waals surface area contributed by atoms with Crippen LogP contribution in [0.15, 0.2) is 101 Å². The van der Waals surface area contributed by atoms with E-state index in [9.17, 15) is 4.79 Å². The van der Waals surface area contributed by atoms with Crippen LogP contribution in [-0.2, 0) is 4.79 Å². The first-order valence-electron chi connectivity index (χ1n) is 12.2. The molecule has 1 atom stereocenters. The predicted octanol–water partition coefficient (Wildman–Crippen LogP) is 7.47. The van der Waals surface area contributed by atoms with Crippen molar-refractivity contribution in [2.75, 3.05) is 7.11 Å². The lowest BCUT2D eigenvalue weighted by Gasteiger charge is -2.24. The molecule has 1 fully saturated rings. The van der Waals surface area contributed by atoms with E-state index in [4.69, 9.17) is 9.73 Å². The number of hydrogen-bond donors (Lipinski definition) is 0. The summed E-state index contributed by atoms with van der Waals surface area (Å²) in [6.07, 6.45) is 1.99. The maximum absolute atomic E-state index is 13.8. The van der Waals surface area contributed by atoms with Crippen molar-refractivity contribution in [3.05, 3.63) is 118 Å². The number of hydrogen-bond acceptors (Lipinski definition) is 4. The van der Waals surface area contributed by atoms with E-state index >= 15 is 0 Å². The molecule has 1 amide bonds. The van der Waals surface area contributed by atoms with Gasteiger partial charge in [-0.2, -0.15) is 0 Å². The number of aromatic nitrogens is 1. The molecule has 0 bridgehead atoms. The predicted molar refractivity (Wildman–Crippen MR) is 153 cm³/mol. The monoisotopic (exact) mass is 507 g/mol. The van der Waals surface area contributed by atoms with Gasteiger partial charge >= 0.3 is 0 Å². The average Bonchev–Trinajstić information content (AvgIpc) is 3.38. The van der Waals surface area contributed by atoms with Crippen LogP contribution in [0.2, 0.25) is 0 Å². The molecule has 6 heteroatoms. The Morgan fingerprint density at radius 1 is 0.919 bits per heavy atom. The van der Waals surface area contributed by atoms with E-state index in [1.165, 1.54) is 11.8 Å². The van der Waals surface area contributed by atoms with Gasteiger partial charge in [-0.3, -0.25) is 9.69 Å². The van der Waals surface area contributed by atoms with Gasteiger partial charge in [0.15, 0.2) is 5.17 Å². The van der Waals surface area contributed by atoms with Gasteiger partial charge in [0.05, 0.1) is 23.7 Å². The number of nitrogens with zero attached hydrogens (tertiary/aromatic N) is 3. The standard InChI is InChI=1S/C31H29N3O2S/c1-21-19-25(23(3)33(21)27-15-17-28(36-4)18-16-27)20-29-30(35)34(22(2)24-11-7-5-8-12-24)31(37-29)32-26-13-9-6-10-14-26/h5-20,22H,1-4H3/b29-20+,32-31?/t22-/m0/s1. The highest BCUT2D eigenvalue weighted by Gasteiger charge is 2.37. The molecule has 3 aromatic carbocycles. The second-order valence-corrected chi connectivity index (χ2v) is 9.97. The molecule has 186 valence electrons. The van der Waals surface area contributed by atoms with Crippen LogP contribution < -0.4 is 4.74 Å². The van der Waals surface area contributed by atoms with Gasteiger partial charge in [0.25, 0.3) is 5.91 Å². The molecule has 1 aliphatic rings. The smallest absolute Gasteiger partial charge is 0.267 e. The van der Waals surface area contributed by atoms with Crippen LogP contribution in [0.25, 0.3) is 11.8 Å². The highest BCUT2D eigenvalue weighted by Crippen LogP contribution is 2.40. The lowest BCUT2D eigenvalue weighted by atomic mass is 10.1. The van der Waals surface area contributed by atoms with Gasteiger partial charge in [0, 0.05) is 17.1 Å². The Kier molecular flexibility index (Phi) is 7.01. The van der Waals surface area contributed by atoms with E-state index in [0.717, 1.165) is 39.6 Å². The minimum absolute atomic E-state index is 0.0368. The molecule has 0 saturated carbocycles. The number of amides is 1. The fourth-order valence-corrected chi connectivity index (χ4v) is 5.66. The zero-order valence-electron chi connectivity index (χ0n) is 21.4. The van der Waals surface area contributed by atoms with E-state index in [2.05, 4.69) is 24.5 Å². The molecule has 1 aliphatic heterocycles. The Balaban J connectivity index is 1.54. The van der Waals surface area contributed by atoms with Crippen molar-refractivity contribution < 1.29 is 9.53 Å². The minimum Gasteiger partial charge on any atom is -0.497 e. The van der Waals surface area contributed by atoms with Crippen LogP contribution in [0.3, 0.4) is 0 Å². The van der Waals surface area contributed by atoms with Gasteiger partial charge in [-0.05, 0) is 92.2 Å². The topological polar surface area (TPSA) is 46.8 Å². The van der Waals surface area contributed by atoms with Crippen molar-refractivity contribution in [2.45, 2.75) is 26.8 Å². The molecule has 0 aliphatic carbocycles. The van der Waals surface area contributed by atoms with Crippen LogP contribution in [-0.4, -0.2) is 27.7 Å². The van der Waals surface area contributed by atoms with E-state index < -0.39 is 0 Å². The fraction of sp³-hybridized carbons (Fsp3) is 0.161. The molecule has 2 heterocycles. The van der Waals surface area contributed by atoms with E-state index in [1.54, 1.807) is 7.11 Å². The molecule has 0 unspecified atom stereocenters. The zero-order chi connectivity index (χ0) is 25.9. The third-order valence-corrected chi connectivity index (χ3v) is 7.56. The third-order valence-electron chi connectivity index (χ3n) is 6.57. The zero-order valence-corrected chi connectivity index (χ0v) is 22.2. The molecule has 0 N–H and O–H groups in total. The molecule has 37 heavy (non-hydrogen) atoms. The van der Waals surface area contributed by atoms with Crippen LogP contribution >= 0.6 is 11.8 Å². The van der Waals surface area contributed by atoms with Gasteiger partial charge in [0.1, 0.15) is 5.75 Å². The number of para-hydroxylation sites is 1. The van der Waals surface area contributed by atoms with Crippen molar-refractivity contribution in [1.82, 2.24) is 9.47 Å². The minimum atomic E-state index is -0.152. The summed E-state index contributed by atoms with van der Waals surface area (Å²) >= 11 is 1.43. The van der Waals surface area contributed by atoms with Crippen molar-refractivity contribution in [3.63, 3.8) is 0 Å². The molecule has 1 aromatic heterocycles. The number of amidine groups is 1. The van der Waals surface area contributed by atoms with Crippen LogP contribution in [0.1, 0.15) is 35.5 Å². The number of benzene rings is 3. The van der Waals surface area contributed by atoms with Crippen LogP contribution in [0, 0.1) is 13.8 Å². The lowest BCUT2D eigenvalue weighted by Crippen LogP contribution is -2.32. The lowest BCUT2D eigenvalue weighted by molar-refractivity contribution is -0.123. The molecule has 4 aromatic rings. The molecule has 5 rings (SSSR count). The summed E-state index contributed by atoms with van der Waals surface area (Å²) in [4.78, 5) is 21.1. The van der Waals surface area contributed by atoms with Crippen LogP contribution in [0.5, 0.6) is 5.75 Å². The average molecular weight is 508 g/mol. The molecular weight excluding hydrogens is 478 g/mol. The quantitative estimate of drug-likeness (QED) is 0.254. The summed E-state index contributed by atoms with van der Waals surface area (Å²) in [6.45, 7) is 6.21. The summed E-state index contributed by atoms with van der Waals surface area (Å²) in [7, 11) is 1.67. The number of carbonyl (C=O) groups excluding carboxylic acids is 1. The van der Waals surface area contributed by atoms with Gasteiger partial charge in [-0.25, -0.2) is 4.99 Å². The fourth-order valence-electron chi connectivity index (χ4n) is 4.60. The van der Waals surface area contributed by atoms with Gasteiger partial charge in [-0.15, -0.1) is 0 Å². The van der Waals surface area contributed by atoms with Gasteiger partial charge < -0.3 is 9.30 Å². The highest BCUT2D eigenvalue weighted by molar-refractivity contribution is 8.18. The summed E-state index contributed by atoms with van der Waals surface area (Å²) in [5, 5.41) is 0.683. The normalized spacial score (nSPS) is 16.5. The summed E-state index contributed by atoms with van der Waals surface area (Å²) in [5.41, 5.74) is 6.12. The second-order valence-electron chi connectivity index (χ2n) is 8.96. The Morgan fingerprint density at radius 2 is 1.57 bits per heavy atom. The van der Waals surface area contributed by atoms with Crippen molar-refractivity contribution in [2.24, 2.45) is 4.99 Å². The van der Waals surface area contributed by atoms with Crippen molar-refractivity contribution in [3.8, 4) is 11.4 Å². The number of rotatable bonds is 6. The Morgan fingerprint density at radius 3 is 2.22 bits per heavy atom. The van der Waals surface area contributed by atoms with Gasteiger partial charge in [-0.1, -0.05) is 48.5 Å². The third kappa shape index (κ3) is 4.98. The number of methoxy groups -OCH3 is 1. The summed E-state index contributed by atoms with van der Waals surface area (Å²) in [6, 6.07) is 29.8. The number of carbonyl (C=O) groups is 1. The number of aryl methyl sites for hydroxylation is 1. The molecule has 5 nitrogen and oxygen atoms in total. The molecule has 0 radical (unpaired) electrons. The number of thioether (sulfide) groups is 1. The first kappa shape index (κ1) is 24.7. The van der Waals surface area contributed by atoms with E-state index in [-0.39, 0.29) is 11.9 Å². The second kappa shape index (κ2) is 10.5. The maximum Gasteiger partial charge on any atom is 0.267 e. The van der Waals surface area contributed by atoms with Gasteiger partial charge in [0.2, 0.25) is 0 Å². The van der Waals surface area contributed by atoms with Crippen LogP contribution in [0.4, 0.5) is 5.69 Å². The van der Waals surface area contributed by atoms with E-state index in [0.29, 0.717) is 10.1 Å². The van der Waals surface area contributed by atoms with Crippen molar-refractivity contribution in [1.29, 1.82) is 0 Å². The SMILES string of the molecule is COc1ccc(-n2c(C)cc(/C=C3/SC(=Nc4ccccc4)N([C@@H](C)c4ccccc4)C3=O)c2C)cc1. The van der Waals surface area contributed by atoms with Crippen molar-refractivity contribution >= 4 is 34.6 Å². The maximum atomic E-state index is 13.8. The molecule has 0 spiro atoms. The Labute approximate surface area is 222 Å². The first-order valence-corrected chi connectivity index (χ1v) is 13.0. The summed E-state index contributed by atoms with van der Waals surface area (Å²) < 4.78 is 7.50. The number of aliphatic imine (C=N–C) groups is 1. The number of ether oxygens (including phenoxy) is 1. The Bertz CT molecular complexity index is 1470. The highest BCUT2D eigenvalue weighted by atomic mass is 32.2. The molecular formula is C31H29N3O2S. The Hall–Kier alpha value is -4.03.